The van der Waals surface area contributed by atoms with E-state index in [9.17, 15) is 8.42 Å². The van der Waals surface area contributed by atoms with Gasteiger partial charge >= 0.3 is 0 Å². The molecule has 27 heavy (non-hydrogen) atoms. The number of hydrogen-bond acceptors (Lipinski definition) is 5. The Morgan fingerprint density at radius 3 is 2.41 bits per heavy atom. The first-order chi connectivity index (χ1) is 12.8. The van der Waals surface area contributed by atoms with Gasteiger partial charge in [-0.15, -0.1) is 0 Å². The van der Waals surface area contributed by atoms with Gasteiger partial charge in [-0.05, 0) is 35.5 Å². The number of nitrogen functional groups attached to an aromatic ring is 1. The first kappa shape index (κ1) is 19.6. The van der Waals surface area contributed by atoms with Gasteiger partial charge in [-0.25, -0.2) is 13.1 Å². The topological polar surface area (TPSA) is 93.8 Å². The summed E-state index contributed by atoms with van der Waals surface area (Å²) in [6, 6.07) is 16.3. The van der Waals surface area contributed by atoms with Gasteiger partial charge in [-0.2, -0.15) is 5.10 Å². The molecule has 9 heteroatoms. The Morgan fingerprint density at radius 1 is 1.15 bits per heavy atom. The Morgan fingerprint density at radius 2 is 1.81 bits per heavy atom. The fraction of sp³-hybridized carbons (Fsp3) is 0.222. The van der Waals surface area contributed by atoms with Crippen LogP contribution in [-0.4, -0.2) is 29.0 Å². The molecule has 0 radical (unpaired) electrons. The van der Waals surface area contributed by atoms with Crippen LogP contribution in [0.5, 0.6) is 0 Å². The number of nitrogens with zero attached hydrogens (tertiary/aromatic N) is 2. The average Bonchev–Trinajstić information content (AvgIpc) is 2.95. The second kappa shape index (κ2) is 8.24. The molecule has 1 heterocycles. The highest BCUT2D eigenvalue weighted by Gasteiger charge is 2.23. The molecule has 3 aromatic rings. The summed E-state index contributed by atoms with van der Waals surface area (Å²) in [6.07, 6.45) is 0.355. The van der Waals surface area contributed by atoms with Crippen LogP contribution >= 0.6 is 23.8 Å². The molecule has 0 spiro atoms. The minimum Gasteiger partial charge on any atom is -0.335 e. The highest BCUT2D eigenvalue weighted by atomic mass is 35.5. The van der Waals surface area contributed by atoms with Gasteiger partial charge in [0, 0.05) is 17.4 Å². The molecule has 0 saturated heterocycles. The monoisotopic (exact) mass is 422 g/mol. The summed E-state index contributed by atoms with van der Waals surface area (Å²) >= 11 is 10.9. The van der Waals surface area contributed by atoms with E-state index in [1.54, 1.807) is 24.3 Å². The molecule has 0 saturated carbocycles. The molecule has 0 aliphatic heterocycles. The lowest BCUT2D eigenvalue weighted by Gasteiger charge is -2.17. The number of benzene rings is 2. The lowest BCUT2D eigenvalue weighted by Crippen LogP contribution is -2.22. The lowest BCUT2D eigenvalue weighted by molar-refractivity contribution is 0.582. The molecule has 1 atom stereocenters. The average molecular weight is 423 g/mol. The van der Waals surface area contributed by atoms with Crippen LogP contribution in [0, 0.1) is 4.77 Å². The summed E-state index contributed by atoms with van der Waals surface area (Å²) in [6.45, 7) is 0. The summed E-state index contributed by atoms with van der Waals surface area (Å²) < 4.78 is 27.2. The van der Waals surface area contributed by atoms with Gasteiger partial charge in [0.1, 0.15) is 0 Å². The first-order valence-electron chi connectivity index (χ1n) is 8.25. The predicted octanol–water partition coefficient (Wildman–Crippen LogP) is 3.25. The molecule has 6 nitrogen and oxygen atoms in total. The third kappa shape index (κ3) is 5.18. The van der Waals surface area contributed by atoms with E-state index >= 15 is 0 Å². The second-order valence-electron chi connectivity index (χ2n) is 6.31. The molecule has 0 amide bonds. The van der Waals surface area contributed by atoms with Gasteiger partial charge in [0.25, 0.3) is 0 Å². The third-order valence-electron chi connectivity index (χ3n) is 4.23. The van der Waals surface area contributed by atoms with Crippen molar-refractivity contribution in [2.75, 3.05) is 11.6 Å². The fourth-order valence-corrected chi connectivity index (χ4v) is 4.92. The van der Waals surface area contributed by atoms with E-state index in [-0.39, 0.29) is 17.4 Å². The number of aromatic nitrogens is 3. The van der Waals surface area contributed by atoms with E-state index in [1.807, 2.05) is 30.3 Å². The van der Waals surface area contributed by atoms with E-state index in [1.165, 1.54) is 4.68 Å². The molecule has 0 fully saturated rings. The molecule has 0 aliphatic carbocycles. The summed E-state index contributed by atoms with van der Waals surface area (Å²) in [5.74, 6) is 6.02. The van der Waals surface area contributed by atoms with Crippen molar-refractivity contribution < 1.29 is 8.42 Å². The van der Waals surface area contributed by atoms with Crippen molar-refractivity contribution in [1.82, 2.24) is 14.9 Å². The normalized spacial score (nSPS) is 12.8. The van der Waals surface area contributed by atoms with Crippen molar-refractivity contribution in [3.05, 3.63) is 81.3 Å². The van der Waals surface area contributed by atoms with Gasteiger partial charge < -0.3 is 5.84 Å². The van der Waals surface area contributed by atoms with Gasteiger partial charge in [0.2, 0.25) is 4.77 Å². The van der Waals surface area contributed by atoms with E-state index < -0.39 is 9.84 Å². The Balaban J connectivity index is 1.85. The van der Waals surface area contributed by atoms with Crippen LogP contribution < -0.4 is 5.84 Å². The standard InChI is InChI=1S/C18H19ClN4O2S2/c19-16-8-6-13(7-9-16)11-27(24,25)12-15(14-4-2-1-3-5-14)10-17-21-22-18(26)23(17)20/h1-9,15H,10-12,20H2,(H,22,26). The molecule has 0 aliphatic rings. The van der Waals surface area contributed by atoms with Gasteiger partial charge in [0.05, 0.1) is 11.5 Å². The summed E-state index contributed by atoms with van der Waals surface area (Å²) in [5, 5.41) is 7.32. The minimum atomic E-state index is -3.38. The van der Waals surface area contributed by atoms with Crippen LogP contribution in [0.25, 0.3) is 0 Å². The Bertz CT molecular complexity index is 1060. The largest absolute Gasteiger partial charge is 0.335 e. The smallest absolute Gasteiger partial charge is 0.214 e. The second-order valence-corrected chi connectivity index (χ2v) is 9.24. The number of nitrogens with two attached hydrogens (primary N) is 1. The SMILES string of the molecule is Nn1c(CC(CS(=O)(=O)Cc2ccc(Cl)cc2)c2ccccc2)n[nH]c1=S. The summed E-state index contributed by atoms with van der Waals surface area (Å²) in [5.41, 5.74) is 1.61. The number of halogens is 1. The van der Waals surface area contributed by atoms with Crippen molar-refractivity contribution in [1.29, 1.82) is 0 Å². The minimum absolute atomic E-state index is 0.0285. The van der Waals surface area contributed by atoms with Crippen LogP contribution in [0.4, 0.5) is 0 Å². The maximum Gasteiger partial charge on any atom is 0.214 e. The number of aromatic amines is 1. The Labute approximate surface area is 167 Å². The molecule has 3 rings (SSSR count). The van der Waals surface area contributed by atoms with Crippen LogP contribution in [0.3, 0.4) is 0 Å². The van der Waals surface area contributed by atoms with Crippen LogP contribution in [0.2, 0.25) is 5.02 Å². The van der Waals surface area contributed by atoms with Crippen LogP contribution in [0.15, 0.2) is 54.6 Å². The molecular formula is C18H19ClN4O2S2. The molecule has 3 N–H and O–H groups in total. The van der Waals surface area contributed by atoms with Crippen molar-refractivity contribution in [3.63, 3.8) is 0 Å². The van der Waals surface area contributed by atoms with Crippen molar-refractivity contribution in [2.45, 2.75) is 18.1 Å². The number of sulfone groups is 1. The van der Waals surface area contributed by atoms with Gasteiger partial charge in [0.15, 0.2) is 15.7 Å². The predicted molar refractivity (Wildman–Crippen MR) is 109 cm³/mol. The first-order valence-corrected chi connectivity index (χ1v) is 10.9. The zero-order chi connectivity index (χ0) is 19.4. The molecule has 0 bridgehead atoms. The molecular weight excluding hydrogens is 404 g/mol. The third-order valence-corrected chi connectivity index (χ3v) is 6.46. The Hall–Kier alpha value is -2.16. The Kier molecular flexibility index (Phi) is 5.98. The van der Waals surface area contributed by atoms with Crippen LogP contribution in [-0.2, 0) is 22.0 Å². The summed E-state index contributed by atoms with van der Waals surface area (Å²) in [4.78, 5) is 0. The van der Waals surface area contributed by atoms with E-state index in [2.05, 4.69) is 10.2 Å². The maximum absolute atomic E-state index is 12.8. The number of H-pyrrole nitrogens is 1. The van der Waals surface area contributed by atoms with Crippen molar-refractivity contribution in [2.24, 2.45) is 0 Å². The molecule has 142 valence electrons. The fourth-order valence-electron chi connectivity index (χ4n) is 2.90. The number of nitrogens with one attached hydrogen (secondary N) is 1. The van der Waals surface area contributed by atoms with E-state index in [0.717, 1.165) is 5.56 Å². The highest BCUT2D eigenvalue weighted by molar-refractivity contribution is 7.90. The van der Waals surface area contributed by atoms with Crippen molar-refractivity contribution in [3.8, 4) is 0 Å². The molecule has 2 aromatic carbocycles. The zero-order valence-electron chi connectivity index (χ0n) is 14.4. The lowest BCUT2D eigenvalue weighted by atomic mass is 9.97. The molecule has 1 aromatic heterocycles. The van der Waals surface area contributed by atoms with E-state index in [4.69, 9.17) is 29.7 Å². The highest BCUT2D eigenvalue weighted by Crippen LogP contribution is 2.24. The zero-order valence-corrected chi connectivity index (χ0v) is 16.8. The van der Waals surface area contributed by atoms with Gasteiger partial charge in [-0.3, -0.25) is 5.10 Å². The van der Waals surface area contributed by atoms with Crippen molar-refractivity contribution >= 4 is 33.7 Å². The summed E-state index contributed by atoms with van der Waals surface area (Å²) in [7, 11) is -3.38. The molecule has 1 unspecified atom stereocenters. The van der Waals surface area contributed by atoms with E-state index in [0.29, 0.717) is 27.6 Å². The van der Waals surface area contributed by atoms with Crippen LogP contribution in [0.1, 0.15) is 22.9 Å². The number of rotatable bonds is 7. The maximum atomic E-state index is 12.8. The quantitative estimate of drug-likeness (QED) is 0.450. The number of hydrogen-bond donors (Lipinski definition) is 2. The van der Waals surface area contributed by atoms with Gasteiger partial charge in [-0.1, -0.05) is 54.1 Å².